The van der Waals surface area contributed by atoms with Crippen LogP contribution in [0.15, 0.2) is 41.4 Å². The highest BCUT2D eigenvalue weighted by Gasteiger charge is 2.34. The van der Waals surface area contributed by atoms with Crippen LogP contribution in [-0.2, 0) is 14.6 Å². The van der Waals surface area contributed by atoms with E-state index in [0.717, 1.165) is 6.26 Å². The number of hydrogen-bond acceptors (Lipinski definition) is 6. The SMILES string of the molecule is CC(C)(C)OC(=O)N1CC(COc2ccc(-c3ccc(S(C)(=O)=O)cn3)cc2F)C1. The molecule has 0 spiro atoms. The Bertz CT molecular complexity index is 1030. The second-order valence-corrected chi connectivity index (χ2v) is 10.4. The number of hydrogen-bond donors (Lipinski definition) is 0. The minimum absolute atomic E-state index is 0.104. The van der Waals surface area contributed by atoms with Gasteiger partial charge in [0.15, 0.2) is 21.4 Å². The molecule has 162 valence electrons. The topological polar surface area (TPSA) is 85.8 Å². The fourth-order valence-corrected chi connectivity index (χ4v) is 3.47. The summed E-state index contributed by atoms with van der Waals surface area (Å²) in [5.41, 5.74) is 0.434. The van der Waals surface area contributed by atoms with E-state index in [1.165, 1.54) is 30.5 Å². The van der Waals surface area contributed by atoms with Gasteiger partial charge in [-0.25, -0.2) is 17.6 Å². The maximum Gasteiger partial charge on any atom is 0.410 e. The van der Waals surface area contributed by atoms with Crippen molar-refractivity contribution in [1.29, 1.82) is 0 Å². The summed E-state index contributed by atoms with van der Waals surface area (Å²) in [7, 11) is -3.34. The van der Waals surface area contributed by atoms with E-state index in [1.54, 1.807) is 11.0 Å². The number of pyridine rings is 1. The second kappa shape index (κ2) is 8.22. The highest BCUT2D eigenvalue weighted by Crippen LogP contribution is 2.27. The summed E-state index contributed by atoms with van der Waals surface area (Å²) in [5, 5.41) is 0. The minimum Gasteiger partial charge on any atom is -0.490 e. The molecule has 0 N–H and O–H groups in total. The number of carbonyl (C=O) groups excluding carboxylic acids is 1. The molecule has 1 aliphatic rings. The van der Waals surface area contributed by atoms with Gasteiger partial charge in [0.2, 0.25) is 0 Å². The number of halogens is 1. The normalized spacial score (nSPS) is 14.9. The lowest BCUT2D eigenvalue weighted by Gasteiger charge is -2.39. The van der Waals surface area contributed by atoms with E-state index in [2.05, 4.69) is 4.98 Å². The third-order valence-electron chi connectivity index (χ3n) is 4.48. The predicted octanol–water partition coefficient (Wildman–Crippen LogP) is 3.54. The predicted molar refractivity (Wildman–Crippen MR) is 110 cm³/mol. The van der Waals surface area contributed by atoms with Crippen molar-refractivity contribution >= 4 is 15.9 Å². The van der Waals surface area contributed by atoms with Crippen molar-refractivity contribution in [2.45, 2.75) is 31.3 Å². The number of nitrogens with zero attached hydrogens (tertiary/aromatic N) is 2. The summed E-state index contributed by atoms with van der Waals surface area (Å²) >= 11 is 0. The standard InChI is InChI=1S/C21H25FN2O5S/c1-21(2,3)29-20(25)24-11-14(12-24)13-28-19-8-5-15(9-17(19)22)18-7-6-16(10-23-18)30(4,26)27/h5-10,14H,11-13H2,1-4H3. The van der Waals surface area contributed by atoms with Gasteiger partial charge in [-0.1, -0.05) is 0 Å². The third kappa shape index (κ3) is 5.47. The summed E-state index contributed by atoms with van der Waals surface area (Å²) in [5.74, 6) is -0.311. The molecule has 2 heterocycles. The summed E-state index contributed by atoms with van der Waals surface area (Å²) in [6.07, 6.45) is 1.99. The van der Waals surface area contributed by atoms with E-state index in [1.807, 2.05) is 20.8 Å². The van der Waals surface area contributed by atoms with E-state index in [0.29, 0.717) is 24.3 Å². The van der Waals surface area contributed by atoms with Crippen LogP contribution in [0.2, 0.25) is 0 Å². The molecule has 1 saturated heterocycles. The van der Waals surface area contributed by atoms with Gasteiger partial charge in [-0.05, 0) is 51.1 Å². The lowest BCUT2D eigenvalue weighted by Crippen LogP contribution is -2.53. The molecule has 1 aliphatic heterocycles. The molecule has 0 atom stereocenters. The van der Waals surface area contributed by atoms with Gasteiger partial charge < -0.3 is 14.4 Å². The molecule has 2 aromatic rings. The van der Waals surface area contributed by atoms with Gasteiger partial charge >= 0.3 is 6.09 Å². The molecular formula is C21H25FN2O5S. The molecule has 1 aromatic heterocycles. The molecule has 7 nitrogen and oxygen atoms in total. The van der Waals surface area contributed by atoms with Crippen LogP contribution < -0.4 is 4.74 Å². The monoisotopic (exact) mass is 436 g/mol. The molecule has 1 amide bonds. The van der Waals surface area contributed by atoms with Gasteiger partial charge in [0.1, 0.15) is 5.60 Å². The highest BCUT2D eigenvalue weighted by atomic mass is 32.2. The average Bonchev–Trinajstić information content (AvgIpc) is 2.59. The Morgan fingerprint density at radius 1 is 1.23 bits per heavy atom. The molecule has 0 radical (unpaired) electrons. The molecular weight excluding hydrogens is 411 g/mol. The maximum atomic E-state index is 14.4. The zero-order valence-electron chi connectivity index (χ0n) is 17.4. The zero-order valence-corrected chi connectivity index (χ0v) is 18.2. The van der Waals surface area contributed by atoms with E-state index in [9.17, 15) is 17.6 Å². The average molecular weight is 437 g/mol. The first-order chi connectivity index (χ1) is 13.9. The number of sulfone groups is 1. The summed E-state index contributed by atoms with van der Waals surface area (Å²) in [6.45, 7) is 6.74. The number of carbonyl (C=O) groups is 1. The van der Waals surface area contributed by atoms with Gasteiger partial charge in [0, 0.05) is 37.0 Å². The van der Waals surface area contributed by atoms with Crippen LogP contribution in [0.25, 0.3) is 11.3 Å². The van der Waals surface area contributed by atoms with E-state index < -0.39 is 21.3 Å². The molecule has 0 aliphatic carbocycles. The van der Waals surface area contributed by atoms with Gasteiger partial charge in [0.05, 0.1) is 17.2 Å². The molecule has 3 rings (SSSR count). The van der Waals surface area contributed by atoms with Crippen LogP contribution in [0, 0.1) is 11.7 Å². The molecule has 0 unspecified atom stereocenters. The van der Waals surface area contributed by atoms with Crippen molar-refractivity contribution in [2.75, 3.05) is 26.0 Å². The fourth-order valence-electron chi connectivity index (χ4n) is 2.91. The quantitative estimate of drug-likeness (QED) is 0.713. The number of benzene rings is 1. The number of ether oxygens (including phenoxy) is 2. The van der Waals surface area contributed by atoms with Crippen LogP contribution in [0.4, 0.5) is 9.18 Å². The van der Waals surface area contributed by atoms with Crippen molar-refractivity contribution < 1.29 is 27.1 Å². The number of likely N-dealkylation sites (tertiary alicyclic amines) is 1. The Balaban J connectivity index is 1.55. The molecule has 1 fully saturated rings. The van der Waals surface area contributed by atoms with Crippen LogP contribution >= 0.6 is 0 Å². The molecule has 1 aromatic carbocycles. The van der Waals surface area contributed by atoms with Crippen molar-refractivity contribution in [3.05, 3.63) is 42.3 Å². The lowest BCUT2D eigenvalue weighted by molar-refractivity contribution is -0.00805. The maximum absolute atomic E-state index is 14.4. The van der Waals surface area contributed by atoms with E-state index in [-0.39, 0.29) is 29.3 Å². The Labute approximate surface area is 175 Å². The number of rotatable bonds is 5. The number of aromatic nitrogens is 1. The Kier molecular flexibility index (Phi) is 6.03. The molecule has 30 heavy (non-hydrogen) atoms. The van der Waals surface area contributed by atoms with Crippen LogP contribution in [0.3, 0.4) is 0 Å². The second-order valence-electron chi connectivity index (χ2n) is 8.36. The van der Waals surface area contributed by atoms with Gasteiger partial charge in [-0.2, -0.15) is 0 Å². The molecule has 9 heteroatoms. The lowest BCUT2D eigenvalue weighted by atomic mass is 10.0. The first kappa shape index (κ1) is 22.0. The smallest absolute Gasteiger partial charge is 0.410 e. The van der Waals surface area contributed by atoms with Crippen LogP contribution in [0.1, 0.15) is 20.8 Å². The van der Waals surface area contributed by atoms with E-state index in [4.69, 9.17) is 9.47 Å². The first-order valence-corrected chi connectivity index (χ1v) is 11.4. The fraction of sp³-hybridized carbons (Fsp3) is 0.429. The van der Waals surface area contributed by atoms with Gasteiger partial charge in [-0.15, -0.1) is 0 Å². The summed E-state index contributed by atoms with van der Waals surface area (Å²) in [4.78, 5) is 17.7. The van der Waals surface area contributed by atoms with Crippen molar-refractivity contribution in [1.82, 2.24) is 9.88 Å². The highest BCUT2D eigenvalue weighted by molar-refractivity contribution is 7.90. The zero-order chi connectivity index (χ0) is 22.1. The Hall–Kier alpha value is -2.68. The Morgan fingerprint density at radius 3 is 2.47 bits per heavy atom. The van der Waals surface area contributed by atoms with Crippen molar-refractivity contribution in [3.63, 3.8) is 0 Å². The largest absolute Gasteiger partial charge is 0.490 e. The van der Waals surface area contributed by atoms with Crippen molar-refractivity contribution in [2.24, 2.45) is 5.92 Å². The number of amides is 1. The van der Waals surface area contributed by atoms with Gasteiger partial charge in [-0.3, -0.25) is 4.98 Å². The van der Waals surface area contributed by atoms with Crippen LogP contribution in [-0.4, -0.2) is 55.9 Å². The Morgan fingerprint density at radius 2 is 1.93 bits per heavy atom. The van der Waals surface area contributed by atoms with E-state index >= 15 is 0 Å². The molecule has 0 saturated carbocycles. The first-order valence-electron chi connectivity index (χ1n) is 9.49. The van der Waals surface area contributed by atoms with Crippen LogP contribution in [0.5, 0.6) is 5.75 Å². The summed E-state index contributed by atoms with van der Waals surface area (Å²) in [6, 6.07) is 7.44. The van der Waals surface area contributed by atoms with Gasteiger partial charge in [0.25, 0.3) is 0 Å². The van der Waals surface area contributed by atoms with Crippen molar-refractivity contribution in [3.8, 4) is 17.0 Å². The molecule has 0 bridgehead atoms. The third-order valence-corrected chi connectivity index (χ3v) is 5.57. The minimum atomic E-state index is -3.34. The summed E-state index contributed by atoms with van der Waals surface area (Å²) < 4.78 is 48.3.